The van der Waals surface area contributed by atoms with Crippen molar-refractivity contribution in [1.82, 2.24) is 0 Å². The molecule has 0 radical (unpaired) electrons. The van der Waals surface area contributed by atoms with E-state index in [9.17, 15) is 8.78 Å². The second-order valence-electron chi connectivity index (χ2n) is 1.59. The Kier molecular flexibility index (Phi) is 1.67. The molecule has 0 bridgehead atoms. The Bertz CT molecular complexity index is 261. The number of nitrogens with zero attached hydrogens (tertiary/aromatic N) is 1. The second kappa shape index (κ2) is 2.48. The van der Waals surface area contributed by atoms with Gasteiger partial charge in [0, 0.05) is 0 Å². The van der Waals surface area contributed by atoms with E-state index in [2.05, 4.69) is 9.26 Å². The van der Waals surface area contributed by atoms with Crippen LogP contribution in [0.4, 0.5) is 14.7 Å². The van der Waals surface area contributed by atoms with Crippen LogP contribution in [0.15, 0.2) is 16.5 Å². The minimum Gasteiger partial charge on any atom is -0.478 e. The molecule has 0 saturated heterocycles. The highest BCUT2D eigenvalue weighted by molar-refractivity contribution is 5.32. The maximum atomic E-state index is 11.7. The summed E-state index contributed by atoms with van der Waals surface area (Å²) in [4.78, 5) is 2.82. The molecule has 0 atom stereocenters. The lowest BCUT2D eigenvalue weighted by atomic mass is 10.5. The van der Waals surface area contributed by atoms with Gasteiger partial charge in [-0.15, -0.1) is 0 Å². The van der Waals surface area contributed by atoms with Gasteiger partial charge in [0.25, 0.3) is 6.43 Å². The zero-order valence-corrected chi connectivity index (χ0v) is 4.84. The first-order valence-corrected chi connectivity index (χ1v) is 2.49. The molecular formula is C6H3F2NO. The van der Waals surface area contributed by atoms with Crippen LogP contribution in [0, 0.1) is 6.57 Å². The van der Waals surface area contributed by atoms with Crippen LogP contribution in [0.3, 0.4) is 0 Å². The van der Waals surface area contributed by atoms with Gasteiger partial charge in [0.15, 0.2) is 5.76 Å². The predicted octanol–water partition coefficient (Wildman–Crippen LogP) is 2.77. The van der Waals surface area contributed by atoms with Crippen molar-refractivity contribution >= 4 is 5.88 Å². The van der Waals surface area contributed by atoms with Gasteiger partial charge in [-0.1, -0.05) is 0 Å². The van der Waals surface area contributed by atoms with E-state index < -0.39 is 12.2 Å². The molecule has 0 aliphatic rings. The molecule has 0 N–H and O–H groups in total. The smallest absolute Gasteiger partial charge is 0.345 e. The second-order valence-corrected chi connectivity index (χ2v) is 1.59. The number of rotatable bonds is 1. The fourth-order valence-corrected chi connectivity index (χ4v) is 0.520. The number of hydrogen-bond acceptors (Lipinski definition) is 1. The van der Waals surface area contributed by atoms with Crippen molar-refractivity contribution in [3.63, 3.8) is 0 Å². The molecule has 1 aromatic heterocycles. The Morgan fingerprint density at radius 2 is 2.20 bits per heavy atom. The Morgan fingerprint density at radius 3 is 2.50 bits per heavy atom. The molecule has 4 heteroatoms. The van der Waals surface area contributed by atoms with Gasteiger partial charge < -0.3 is 4.42 Å². The zero-order valence-electron chi connectivity index (χ0n) is 4.84. The molecule has 0 spiro atoms. The van der Waals surface area contributed by atoms with Crippen LogP contribution in [-0.2, 0) is 0 Å². The summed E-state index contributed by atoms with van der Waals surface area (Å²) in [5.74, 6) is -0.554. The summed E-state index contributed by atoms with van der Waals surface area (Å²) >= 11 is 0. The quantitative estimate of drug-likeness (QED) is 0.552. The fourth-order valence-electron chi connectivity index (χ4n) is 0.520. The van der Waals surface area contributed by atoms with Crippen molar-refractivity contribution in [3.05, 3.63) is 29.3 Å². The van der Waals surface area contributed by atoms with E-state index >= 15 is 0 Å². The summed E-state index contributed by atoms with van der Waals surface area (Å²) in [5.41, 5.74) is 0. The van der Waals surface area contributed by atoms with Gasteiger partial charge in [-0.3, -0.25) is 0 Å². The topological polar surface area (TPSA) is 17.5 Å². The molecule has 0 saturated carbocycles. The first-order chi connectivity index (χ1) is 4.74. The van der Waals surface area contributed by atoms with E-state index in [1.807, 2.05) is 0 Å². The largest absolute Gasteiger partial charge is 0.478 e. The van der Waals surface area contributed by atoms with Crippen molar-refractivity contribution in [2.45, 2.75) is 6.43 Å². The van der Waals surface area contributed by atoms with E-state index in [-0.39, 0.29) is 5.88 Å². The molecule has 10 heavy (non-hydrogen) atoms. The highest BCUT2D eigenvalue weighted by Gasteiger charge is 2.10. The summed E-state index contributed by atoms with van der Waals surface area (Å²) in [6.45, 7) is 6.38. The Morgan fingerprint density at radius 1 is 1.50 bits per heavy atom. The van der Waals surface area contributed by atoms with E-state index in [0.29, 0.717) is 0 Å². The molecule has 1 rings (SSSR count). The van der Waals surface area contributed by atoms with Gasteiger partial charge in [0.2, 0.25) is 0 Å². The maximum Gasteiger partial charge on any atom is 0.345 e. The molecule has 52 valence electrons. The van der Waals surface area contributed by atoms with E-state index in [1.54, 1.807) is 0 Å². The molecule has 2 nitrogen and oxygen atoms in total. The van der Waals surface area contributed by atoms with Crippen LogP contribution >= 0.6 is 0 Å². The van der Waals surface area contributed by atoms with Crippen molar-refractivity contribution in [1.29, 1.82) is 0 Å². The van der Waals surface area contributed by atoms with Crippen LogP contribution in [0.25, 0.3) is 4.85 Å². The highest BCUT2D eigenvalue weighted by Crippen LogP contribution is 2.24. The van der Waals surface area contributed by atoms with Gasteiger partial charge in [-0.2, -0.15) is 4.85 Å². The normalized spacial score (nSPS) is 9.80. The van der Waals surface area contributed by atoms with Crippen LogP contribution in [0.2, 0.25) is 0 Å². The molecule has 0 aliphatic heterocycles. The average Bonchev–Trinajstić information content (AvgIpc) is 2.34. The van der Waals surface area contributed by atoms with Gasteiger partial charge in [-0.25, -0.2) is 8.78 Å². The molecule has 0 aliphatic carbocycles. The Balaban J connectivity index is 2.91. The fraction of sp³-hybridized carbons (Fsp3) is 0.167. The minimum absolute atomic E-state index is 0.102. The third kappa shape index (κ3) is 1.13. The van der Waals surface area contributed by atoms with Crippen molar-refractivity contribution in [2.75, 3.05) is 0 Å². The van der Waals surface area contributed by atoms with Crippen molar-refractivity contribution in [2.24, 2.45) is 0 Å². The van der Waals surface area contributed by atoms with Crippen molar-refractivity contribution in [3.8, 4) is 0 Å². The molecule has 0 fully saturated rings. The third-order valence-electron chi connectivity index (χ3n) is 0.938. The number of hydrogen-bond donors (Lipinski definition) is 0. The molecule has 0 aromatic carbocycles. The number of alkyl halides is 2. The lowest BCUT2D eigenvalue weighted by molar-refractivity contribution is 0.123. The van der Waals surface area contributed by atoms with Crippen LogP contribution in [-0.4, -0.2) is 0 Å². The third-order valence-corrected chi connectivity index (χ3v) is 0.938. The van der Waals surface area contributed by atoms with Crippen LogP contribution in [0.5, 0.6) is 0 Å². The molecule has 1 heterocycles. The highest BCUT2D eigenvalue weighted by atomic mass is 19.3. The van der Waals surface area contributed by atoms with Crippen molar-refractivity contribution < 1.29 is 13.2 Å². The van der Waals surface area contributed by atoms with E-state index in [4.69, 9.17) is 6.57 Å². The van der Waals surface area contributed by atoms with Crippen LogP contribution in [0.1, 0.15) is 12.2 Å². The number of furan rings is 1. The Hall–Kier alpha value is -1.37. The Labute approximate surface area is 55.9 Å². The standard InChI is InChI=1S/C6H3F2NO/c1-9-5-3-2-4(10-5)6(7)8/h2-3,6H. The molecule has 1 aromatic rings. The lowest BCUT2D eigenvalue weighted by Gasteiger charge is -1.89. The van der Waals surface area contributed by atoms with E-state index in [0.717, 1.165) is 6.07 Å². The first-order valence-electron chi connectivity index (χ1n) is 2.49. The monoisotopic (exact) mass is 143 g/mol. The summed E-state index contributed by atoms with van der Waals surface area (Å²) in [6, 6.07) is 2.31. The summed E-state index contributed by atoms with van der Waals surface area (Å²) in [7, 11) is 0. The van der Waals surface area contributed by atoms with E-state index in [1.165, 1.54) is 6.07 Å². The molecular weight excluding hydrogens is 140 g/mol. The minimum atomic E-state index is -2.63. The van der Waals surface area contributed by atoms with Gasteiger partial charge in [0.05, 0.1) is 6.57 Å². The molecule has 0 unspecified atom stereocenters. The summed E-state index contributed by atoms with van der Waals surface area (Å²) in [5, 5.41) is 0. The first kappa shape index (κ1) is 6.75. The average molecular weight is 143 g/mol. The maximum absolute atomic E-state index is 11.7. The van der Waals surface area contributed by atoms with Gasteiger partial charge >= 0.3 is 5.88 Å². The summed E-state index contributed by atoms with van der Waals surface area (Å²) < 4.78 is 27.8. The number of halogens is 2. The zero-order chi connectivity index (χ0) is 7.56. The SMILES string of the molecule is [C-]#[N+]c1ccc(C(F)F)o1. The van der Waals surface area contributed by atoms with Gasteiger partial charge in [-0.05, 0) is 12.1 Å². The predicted molar refractivity (Wildman–Crippen MR) is 29.9 cm³/mol. The van der Waals surface area contributed by atoms with Crippen LogP contribution < -0.4 is 0 Å². The van der Waals surface area contributed by atoms with Gasteiger partial charge in [0.1, 0.15) is 0 Å². The molecule has 0 amide bonds. The summed E-state index contributed by atoms with van der Waals surface area (Å²) in [6.07, 6.45) is -2.63. The lowest BCUT2D eigenvalue weighted by Crippen LogP contribution is -1.74.